The number of aromatic nitrogens is 3. The molecule has 0 spiro atoms. The highest BCUT2D eigenvalue weighted by Crippen LogP contribution is 2.28. The summed E-state index contributed by atoms with van der Waals surface area (Å²) in [5.41, 5.74) is 1.82. The fraction of sp³-hybridized carbons (Fsp3) is 0.261. The van der Waals surface area contributed by atoms with Crippen molar-refractivity contribution in [3.63, 3.8) is 0 Å². The van der Waals surface area contributed by atoms with E-state index in [2.05, 4.69) is 27.3 Å². The second-order valence-electron chi connectivity index (χ2n) is 7.31. The van der Waals surface area contributed by atoms with E-state index in [9.17, 15) is 0 Å². The van der Waals surface area contributed by atoms with Crippen LogP contribution in [0.15, 0.2) is 71.6 Å². The van der Waals surface area contributed by atoms with Gasteiger partial charge in [-0.1, -0.05) is 12.1 Å². The smallest absolute Gasteiger partial charge is 0.163 e. The van der Waals surface area contributed by atoms with Crippen LogP contribution in [-0.2, 0) is 0 Å². The Morgan fingerprint density at radius 3 is 2.69 bits per heavy atom. The molecule has 0 radical (unpaired) electrons. The van der Waals surface area contributed by atoms with Gasteiger partial charge in [0.05, 0.1) is 17.8 Å². The van der Waals surface area contributed by atoms with Crippen LogP contribution >= 0.6 is 0 Å². The van der Waals surface area contributed by atoms with Gasteiger partial charge in [-0.3, -0.25) is 9.88 Å². The minimum Gasteiger partial charge on any atom is -0.468 e. The van der Waals surface area contributed by atoms with Crippen molar-refractivity contribution in [1.82, 2.24) is 19.9 Å². The first-order valence-corrected chi connectivity index (χ1v) is 10.1. The molecule has 1 aliphatic rings. The minimum absolute atomic E-state index is 0.183. The molecule has 1 unspecified atom stereocenters. The van der Waals surface area contributed by atoms with Crippen LogP contribution in [0.25, 0.3) is 22.3 Å². The summed E-state index contributed by atoms with van der Waals surface area (Å²) in [6.07, 6.45) is 7.77. The molecule has 6 heteroatoms. The number of likely N-dealkylation sites (tertiary alicyclic amines) is 1. The number of para-hydroxylation sites is 1. The van der Waals surface area contributed by atoms with E-state index in [1.165, 1.54) is 12.8 Å². The molecule has 5 rings (SSSR count). The van der Waals surface area contributed by atoms with Gasteiger partial charge in [0, 0.05) is 29.9 Å². The van der Waals surface area contributed by atoms with E-state index in [4.69, 9.17) is 14.4 Å². The maximum atomic E-state index is 5.75. The largest absolute Gasteiger partial charge is 0.468 e. The lowest BCUT2D eigenvalue weighted by Crippen LogP contribution is -2.31. The topological polar surface area (TPSA) is 67.1 Å². The molecule has 4 aromatic rings. The Kier molecular flexibility index (Phi) is 4.92. The van der Waals surface area contributed by atoms with Crippen LogP contribution in [0, 0.1) is 0 Å². The van der Waals surface area contributed by atoms with Gasteiger partial charge in [0.1, 0.15) is 11.6 Å². The molecule has 1 saturated heterocycles. The molecule has 4 heterocycles. The molecular weight excluding hydrogens is 362 g/mol. The predicted octanol–water partition coefficient (Wildman–Crippen LogP) is 4.53. The van der Waals surface area contributed by atoms with Crippen molar-refractivity contribution in [2.75, 3.05) is 25.0 Å². The number of hydrogen-bond donors (Lipinski definition) is 1. The van der Waals surface area contributed by atoms with Gasteiger partial charge < -0.3 is 9.73 Å². The highest BCUT2D eigenvalue weighted by molar-refractivity contribution is 5.90. The zero-order chi connectivity index (χ0) is 19.5. The summed E-state index contributed by atoms with van der Waals surface area (Å²) < 4.78 is 5.75. The molecule has 0 bridgehead atoms. The summed E-state index contributed by atoms with van der Waals surface area (Å²) in [6, 6.07) is 16.2. The molecule has 6 nitrogen and oxygen atoms in total. The van der Waals surface area contributed by atoms with Crippen LogP contribution in [0.1, 0.15) is 24.6 Å². The maximum Gasteiger partial charge on any atom is 0.163 e. The first-order valence-electron chi connectivity index (χ1n) is 10.1. The van der Waals surface area contributed by atoms with Gasteiger partial charge in [0.25, 0.3) is 0 Å². The quantitative estimate of drug-likeness (QED) is 0.526. The first-order chi connectivity index (χ1) is 14.4. The van der Waals surface area contributed by atoms with Crippen LogP contribution in [0.2, 0.25) is 0 Å². The Labute approximate surface area is 169 Å². The molecule has 1 aromatic carbocycles. The van der Waals surface area contributed by atoms with Gasteiger partial charge in [-0.15, -0.1) is 0 Å². The minimum atomic E-state index is 0.183. The molecule has 146 valence electrons. The van der Waals surface area contributed by atoms with Crippen LogP contribution < -0.4 is 5.32 Å². The Morgan fingerprint density at radius 2 is 1.90 bits per heavy atom. The number of anilines is 1. The number of hydrogen-bond acceptors (Lipinski definition) is 6. The van der Waals surface area contributed by atoms with Crippen LogP contribution in [0.4, 0.5) is 5.82 Å². The summed E-state index contributed by atoms with van der Waals surface area (Å²) >= 11 is 0. The Hall–Kier alpha value is -3.25. The molecule has 1 aliphatic heterocycles. The molecule has 1 atom stereocenters. The van der Waals surface area contributed by atoms with Crippen LogP contribution in [0.5, 0.6) is 0 Å². The number of nitrogens with one attached hydrogen (secondary N) is 1. The maximum absolute atomic E-state index is 5.75. The van der Waals surface area contributed by atoms with Crippen molar-refractivity contribution in [1.29, 1.82) is 0 Å². The van der Waals surface area contributed by atoms with Gasteiger partial charge in [0.15, 0.2) is 5.82 Å². The molecule has 1 fully saturated rings. The van der Waals surface area contributed by atoms with E-state index in [0.717, 1.165) is 47.7 Å². The third kappa shape index (κ3) is 3.71. The molecular formula is C23H23N5O. The monoisotopic (exact) mass is 385 g/mol. The second-order valence-corrected chi connectivity index (χ2v) is 7.31. The third-order valence-electron chi connectivity index (χ3n) is 5.44. The fourth-order valence-electron chi connectivity index (χ4n) is 3.97. The number of fused-ring (bicyclic) bond motifs is 1. The number of rotatable bonds is 6. The molecule has 1 N–H and O–H groups in total. The van der Waals surface area contributed by atoms with Crippen molar-refractivity contribution in [2.24, 2.45) is 0 Å². The summed E-state index contributed by atoms with van der Waals surface area (Å²) in [4.78, 5) is 16.3. The van der Waals surface area contributed by atoms with E-state index in [-0.39, 0.29) is 6.04 Å². The van der Waals surface area contributed by atoms with Crippen molar-refractivity contribution in [3.05, 3.63) is 72.9 Å². The summed E-state index contributed by atoms with van der Waals surface area (Å²) in [7, 11) is 0. The number of pyridine rings is 1. The van der Waals surface area contributed by atoms with Gasteiger partial charge in [-0.25, -0.2) is 9.97 Å². The zero-order valence-electron chi connectivity index (χ0n) is 16.2. The SMILES string of the molecule is c1cncc(-c2nc(NCC(c3ccco3)N3CCCC3)c3ccccc3n2)c1. The van der Waals surface area contributed by atoms with Crippen LogP contribution in [-0.4, -0.2) is 39.5 Å². The van der Waals surface area contributed by atoms with E-state index in [0.29, 0.717) is 5.82 Å². The standard InChI is InChI=1S/C23H23N5O/c1-2-9-19-18(8-1)23(27-22(26-19)17-7-5-11-24-15-17)25-16-20(21-10-6-14-29-21)28-12-3-4-13-28/h1-2,5-11,14-15,20H,3-4,12-13,16H2,(H,25,26,27). The van der Waals surface area contributed by atoms with E-state index in [1.807, 2.05) is 36.4 Å². The highest BCUT2D eigenvalue weighted by Gasteiger charge is 2.25. The predicted molar refractivity (Wildman–Crippen MR) is 114 cm³/mol. The average molecular weight is 385 g/mol. The van der Waals surface area contributed by atoms with Gasteiger partial charge in [-0.2, -0.15) is 0 Å². The normalized spacial score (nSPS) is 15.6. The first kappa shape index (κ1) is 17.8. The van der Waals surface area contributed by atoms with Crippen molar-refractivity contribution in [3.8, 4) is 11.4 Å². The molecule has 29 heavy (non-hydrogen) atoms. The molecule has 0 aliphatic carbocycles. The molecule has 0 saturated carbocycles. The van der Waals surface area contributed by atoms with E-state index in [1.54, 1.807) is 18.7 Å². The van der Waals surface area contributed by atoms with E-state index >= 15 is 0 Å². The van der Waals surface area contributed by atoms with Crippen LogP contribution in [0.3, 0.4) is 0 Å². The summed E-state index contributed by atoms with van der Waals surface area (Å²) in [5.74, 6) is 2.51. The fourth-order valence-corrected chi connectivity index (χ4v) is 3.97. The van der Waals surface area contributed by atoms with Gasteiger partial charge in [0.2, 0.25) is 0 Å². The van der Waals surface area contributed by atoms with Crippen molar-refractivity contribution in [2.45, 2.75) is 18.9 Å². The lowest BCUT2D eigenvalue weighted by Gasteiger charge is -2.26. The lowest BCUT2D eigenvalue weighted by molar-refractivity contribution is 0.225. The highest BCUT2D eigenvalue weighted by atomic mass is 16.3. The lowest BCUT2D eigenvalue weighted by atomic mass is 10.1. The zero-order valence-corrected chi connectivity index (χ0v) is 16.2. The number of nitrogens with zero attached hydrogens (tertiary/aromatic N) is 4. The Morgan fingerprint density at radius 1 is 1.00 bits per heavy atom. The van der Waals surface area contributed by atoms with E-state index < -0.39 is 0 Å². The molecule has 3 aromatic heterocycles. The summed E-state index contributed by atoms with van der Waals surface area (Å²) in [5, 5.41) is 4.60. The van der Waals surface area contributed by atoms with Gasteiger partial charge >= 0.3 is 0 Å². The number of furan rings is 1. The third-order valence-corrected chi connectivity index (χ3v) is 5.44. The molecule has 0 amide bonds. The van der Waals surface area contributed by atoms with Gasteiger partial charge in [-0.05, 0) is 62.3 Å². The second kappa shape index (κ2) is 8.01. The number of benzene rings is 1. The Balaban J connectivity index is 1.49. The average Bonchev–Trinajstić information content (AvgIpc) is 3.49. The Bertz CT molecular complexity index is 1080. The summed E-state index contributed by atoms with van der Waals surface area (Å²) in [6.45, 7) is 2.91. The van der Waals surface area contributed by atoms with Crippen molar-refractivity contribution < 1.29 is 4.42 Å². The van der Waals surface area contributed by atoms with Crippen molar-refractivity contribution >= 4 is 16.7 Å².